The van der Waals surface area contributed by atoms with Crippen molar-refractivity contribution in [3.05, 3.63) is 107 Å². The highest BCUT2D eigenvalue weighted by Gasteiger charge is 2.18. The molecule has 0 aliphatic rings. The minimum absolute atomic E-state index is 0.000367. The lowest BCUT2D eigenvalue weighted by molar-refractivity contribution is -0.121. The Morgan fingerprint density at radius 2 is 1.43 bits per heavy atom. The van der Waals surface area contributed by atoms with Crippen molar-refractivity contribution >= 4 is 11.8 Å². The predicted octanol–water partition coefficient (Wildman–Crippen LogP) is 3.88. The van der Waals surface area contributed by atoms with Crippen molar-refractivity contribution in [2.45, 2.75) is 18.9 Å². The first-order valence-electron chi connectivity index (χ1n) is 9.35. The molecule has 3 aromatic carbocycles. The first kappa shape index (κ1) is 19.4. The molecule has 0 heterocycles. The first-order chi connectivity index (χ1) is 13.7. The fourth-order valence-electron chi connectivity index (χ4n) is 3.22. The third-order valence-electron chi connectivity index (χ3n) is 4.70. The van der Waals surface area contributed by atoms with Gasteiger partial charge in [-0.05, 0) is 28.8 Å². The van der Waals surface area contributed by atoms with Crippen LogP contribution in [0.25, 0.3) is 0 Å². The van der Waals surface area contributed by atoms with E-state index in [-0.39, 0.29) is 17.7 Å². The van der Waals surface area contributed by atoms with Crippen molar-refractivity contribution in [1.29, 1.82) is 0 Å². The van der Waals surface area contributed by atoms with Gasteiger partial charge in [0.05, 0.1) is 0 Å². The highest BCUT2D eigenvalue weighted by molar-refractivity contribution is 5.94. The Morgan fingerprint density at radius 1 is 0.821 bits per heavy atom. The Labute approximate surface area is 165 Å². The number of carbonyl (C=O) groups is 2. The second kappa shape index (κ2) is 9.51. The molecule has 0 aliphatic heterocycles. The number of carbonyl (C=O) groups excluding carboxylic acids is 2. The van der Waals surface area contributed by atoms with Gasteiger partial charge in [-0.3, -0.25) is 9.59 Å². The number of hydrogen-bond acceptors (Lipinski definition) is 2. The topological polar surface area (TPSA) is 58.2 Å². The van der Waals surface area contributed by atoms with Crippen LogP contribution in [0.5, 0.6) is 0 Å². The molecule has 4 heteroatoms. The Hall–Kier alpha value is -3.40. The summed E-state index contributed by atoms with van der Waals surface area (Å²) < 4.78 is 0. The molecule has 0 spiro atoms. The van der Waals surface area contributed by atoms with Crippen LogP contribution >= 0.6 is 0 Å². The van der Waals surface area contributed by atoms with Crippen LogP contribution in [-0.4, -0.2) is 18.9 Å². The fraction of sp³-hybridized carbons (Fsp3) is 0.167. The van der Waals surface area contributed by atoms with Gasteiger partial charge in [-0.1, -0.05) is 72.8 Å². The minimum Gasteiger partial charge on any atom is -0.355 e. The fourth-order valence-corrected chi connectivity index (χ4v) is 3.22. The summed E-state index contributed by atoms with van der Waals surface area (Å²) in [6.45, 7) is 0.389. The zero-order chi connectivity index (χ0) is 19.8. The zero-order valence-corrected chi connectivity index (χ0v) is 15.9. The number of hydrogen-bond donors (Lipinski definition) is 2. The molecule has 0 fully saturated rings. The third kappa shape index (κ3) is 5.07. The molecule has 28 heavy (non-hydrogen) atoms. The summed E-state index contributed by atoms with van der Waals surface area (Å²) in [5.74, 6) is -0.163. The third-order valence-corrected chi connectivity index (χ3v) is 4.70. The number of amides is 2. The van der Waals surface area contributed by atoms with Crippen molar-refractivity contribution in [1.82, 2.24) is 10.6 Å². The normalized spacial score (nSPS) is 10.5. The van der Waals surface area contributed by atoms with E-state index in [0.29, 0.717) is 18.5 Å². The maximum atomic E-state index is 12.7. The van der Waals surface area contributed by atoms with Crippen LogP contribution in [-0.2, 0) is 11.3 Å². The molecular formula is C24H24N2O2. The number of benzene rings is 3. The maximum Gasteiger partial charge on any atom is 0.251 e. The molecule has 0 saturated heterocycles. The van der Waals surface area contributed by atoms with E-state index < -0.39 is 0 Å². The first-order valence-corrected chi connectivity index (χ1v) is 9.35. The van der Waals surface area contributed by atoms with Crippen molar-refractivity contribution in [2.24, 2.45) is 0 Å². The Bertz CT molecular complexity index is 884. The minimum atomic E-state index is -0.138. The highest BCUT2D eigenvalue weighted by Crippen LogP contribution is 2.27. The summed E-state index contributed by atoms with van der Waals surface area (Å²) in [5, 5.41) is 5.59. The molecule has 3 rings (SSSR count). The van der Waals surface area contributed by atoms with Crippen molar-refractivity contribution in [2.75, 3.05) is 7.05 Å². The predicted molar refractivity (Wildman–Crippen MR) is 111 cm³/mol. The van der Waals surface area contributed by atoms with E-state index in [1.807, 2.05) is 48.5 Å². The SMILES string of the molecule is CNC(=O)c1cccc(CNC(=O)CC(c2ccccc2)c2ccccc2)c1. The summed E-state index contributed by atoms with van der Waals surface area (Å²) >= 11 is 0. The Balaban J connectivity index is 1.69. The Morgan fingerprint density at radius 3 is 2.00 bits per heavy atom. The number of rotatable bonds is 7. The van der Waals surface area contributed by atoms with E-state index in [9.17, 15) is 9.59 Å². The molecule has 0 atom stereocenters. The van der Waals surface area contributed by atoms with E-state index >= 15 is 0 Å². The number of nitrogens with one attached hydrogen (secondary N) is 2. The van der Waals surface area contributed by atoms with Gasteiger partial charge < -0.3 is 10.6 Å². The lowest BCUT2D eigenvalue weighted by Gasteiger charge is -2.18. The molecule has 2 amide bonds. The lowest BCUT2D eigenvalue weighted by Crippen LogP contribution is -2.25. The van der Waals surface area contributed by atoms with E-state index in [2.05, 4.69) is 34.9 Å². The standard InChI is InChI=1S/C24H24N2O2/c1-25-24(28)21-14-8-9-18(15-21)17-26-23(27)16-22(19-10-4-2-5-11-19)20-12-6-3-7-13-20/h2-15,22H,16-17H2,1H3,(H,25,28)(H,26,27). The second-order valence-electron chi connectivity index (χ2n) is 6.63. The quantitative estimate of drug-likeness (QED) is 0.661. The summed E-state index contributed by atoms with van der Waals surface area (Å²) in [5.41, 5.74) is 3.71. The van der Waals surface area contributed by atoms with Crippen molar-refractivity contribution in [3.63, 3.8) is 0 Å². The van der Waals surface area contributed by atoms with Crippen LogP contribution in [0.3, 0.4) is 0 Å². The molecule has 0 unspecified atom stereocenters. The molecule has 0 bridgehead atoms. The van der Waals surface area contributed by atoms with Gasteiger partial charge in [0.1, 0.15) is 0 Å². The molecule has 4 nitrogen and oxygen atoms in total. The van der Waals surface area contributed by atoms with Gasteiger partial charge in [0, 0.05) is 31.5 Å². The molecule has 0 saturated carbocycles. The van der Waals surface area contributed by atoms with Gasteiger partial charge in [-0.2, -0.15) is 0 Å². The molecule has 0 radical (unpaired) electrons. The summed E-state index contributed by atoms with van der Waals surface area (Å²) in [6.07, 6.45) is 0.364. The van der Waals surface area contributed by atoms with Gasteiger partial charge in [0.25, 0.3) is 5.91 Å². The van der Waals surface area contributed by atoms with Crippen LogP contribution < -0.4 is 10.6 Å². The van der Waals surface area contributed by atoms with E-state index in [1.165, 1.54) is 0 Å². The van der Waals surface area contributed by atoms with Gasteiger partial charge in [-0.25, -0.2) is 0 Å². The lowest BCUT2D eigenvalue weighted by atomic mass is 9.88. The summed E-state index contributed by atoms with van der Waals surface area (Å²) in [7, 11) is 1.60. The largest absolute Gasteiger partial charge is 0.355 e. The van der Waals surface area contributed by atoms with Crippen LogP contribution in [0.1, 0.15) is 39.4 Å². The monoisotopic (exact) mass is 372 g/mol. The van der Waals surface area contributed by atoms with Gasteiger partial charge in [0.15, 0.2) is 0 Å². The highest BCUT2D eigenvalue weighted by atomic mass is 16.2. The average Bonchev–Trinajstić information content (AvgIpc) is 2.77. The van der Waals surface area contributed by atoms with Gasteiger partial charge in [-0.15, -0.1) is 0 Å². The molecule has 3 aromatic rings. The molecule has 0 aliphatic carbocycles. The summed E-state index contributed by atoms with van der Waals surface area (Å²) in [4.78, 5) is 24.4. The van der Waals surface area contributed by atoms with Crippen molar-refractivity contribution in [3.8, 4) is 0 Å². The second-order valence-corrected chi connectivity index (χ2v) is 6.63. The van der Waals surface area contributed by atoms with Gasteiger partial charge in [0.2, 0.25) is 5.91 Å². The van der Waals surface area contributed by atoms with Gasteiger partial charge >= 0.3 is 0 Å². The van der Waals surface area contributed by atoms with E-state index in [0.717, 1.165) is 16.7 Å². The molecule has 0 aromatic heterocycles. The van der Waals surface area contributed by atoms with E-state index in [1.54, 1.807) is 19.2 Å². The zero-order valence-electron chi connectivity index (χ0n) is 15.9. The molecule has 2 N–H and O–H groups in total. The summed E-state index contributed by atoms with van der Waals surface area (Å²) in [6, 6.07) is 27.4. The van der Waals surface area contributed by atoms with Crippen LogP contribution in [0.15, 0.2) is 84.9 Å². The van der Waals surface area contributed by atoms with Crippen LogP contribution in [0.4, 0.5) is 0 Å². The molecule has 142 valence electrons. The van der Waals surface area contributed by atoms with Crippen molar-refractivity contribution < 1.29 is 9.59 Å². The Kier molecular flexibility index (Phi) is 6.58. The van der Waals surface area contributed by atoms with Crippen LogP contribution in [0, 0.1) is 0 Å². The van der Waals surface area contributed by atoms with Crippen LogP contribution in [0.2, 0.25) is 0 Å². The maximum absolute atomic E-state index is 12.7. The molecular weight excluding hydrogens is 348 g/mol. The van der Waals surface area contributed by atoms with E-state index in [4.69, 9.17) is 0 Å². The average molecular weight is 372 g/mol. The smallest absolute Gasteiger partial charge is 0.251 e.